The van der Waals surface area contributed by atoms with Crippen LogP contribution in [0, 0.1) is 0 Å². The van der Waals surface area contributed by atoms with Gasteiger partial charge in [0.25, 0.3) is 0 Å². The third kappa shape index (κ3) is 8.51. The fourth-order valence-electron chi connectivity index (χ4n) is 3.82. The molecule has 6 nitrogen and oxygen atoms in total. The largest absolute Gasteiger partial charge is 0.573 e. The molecule has 1 N–H and O–H groups in total. The number of rotatable bonds is 10. The number of benzene rings is 2. The van der Waals surface area contributed by atoms with Crippen molar-refractivity contribution in [3.8, 4) is 5.75 Å². The lowest BCUT2D eigenvalue weighted by atomic mass is 10.0. The smallest absolute Gasteiger partial charge is 0.406 e. The Balaban J connectivity index is 1.77. The van der Waals surface area contributed by atoms with E-state index in [2.05, 4.69) is 21.3 Å². The molecular weight excluding hydrogens is 528 g/mol. The minimum Gasteiger partial charge on any atom is -0.406 e. The van der Waals surface area contributed by atoms with Crippen LogP contribution in [0.4, 0.5) is 13.2 Å². The molecule has 1 fully saturated rings. The molecule has 3 rings (SSSR count). The molecule has 1 saturated heterocycles. The van der Waals surface area contributed by atoms with Crippen LogP contribution in [0.1, 0.15) is 37.8 Å². The standard InChI is InChI=1S/C23H27Cl2F3N2O4S/c1-2-13-33-17-9-11-30(12-10-17)15-22(16-3-8-20(24)21(25)14-16)29-35(31,32)19-6-4-18(5-7-19)34-23(26,27)28/h3-8,14,17,22,29H,2,9-13,15H2,1H3/t22-/m1/s1. The minimum atomic E-state index is -4.87. The molecule has 1 heterocycles. The van der Waals surface area contributed by atoms with E-state index in [1.807, 2.05) is 0 Å². The molecule has 0 amide bonds. The van der Waals surface area contributed by atoms with Crippen molar-refractivity contribution in [2.75, 3.05) is 26.2 Å². The molecule has 194 valence electrons. The number of hydrogen-bond donors (Lipinski definition) is 1. The zero-order valence-electron chi connectivity index (χ0n) is 19.0. The number of piperidine rings is 1. The van der Waals surface area contributed by atoms with E-state index < -0.39 is 28.2 Å². The van der Waals surface area contributed by atoms with E-state index in [4.69, 9.17) is 27.9 Å². The van der Waals surface area contributed by atoms with E-state index in [0.29, 0.717) is 23.7 Å². The average Bonchev–Trinajstić information content (AvgIpc) is 2.79. The van der Waals surface area contributed by atoms with Crippen molar-refractivity contribution in [3.05, 3.63) is 58.1 Å². The Morgan fingerprint density at radius 1 is 1.09 bits per heavy atom. The molecule has 0 bridgehead atoms. The van der Waals surface area contributed by atoms with Crippen LogP contribution in [0.3, 0.4) is 0 Å². The van der Waals surface area contributed by atoms with E-state index in [0.717, 1.165) is 56.6 Å². The van der Waals surface area contributed by atoms with Gasteiger partial charge >= 0.3 is 6.36 Å². The summed E-state index contributed by atoms with van der Waals surface area (Å²) in [4.78, 5) is 1.95. The van der Waals surface area contributed by atoms with Crippen LogP contribution in [-0.4, -0.2) is 52.0 Å². The van der Waals surface area contributed by atoms with Crippen molar-refractivity contribution in [3.63, 3.8) is 0 Å². The Hall–Kier alpha value is -1.56. The summed E-state index contributed by atoms with van der Waals surface area (Å²) in [7, 11) is -4.08. The Bertz CT molecular complexity index is 1080. The summed E-state index contributed by atoms with van der Waals surface area (Å²) in [6.45, 7) is 4.60. The highest BCUT2D eigenvalue weighted by Crippen LogP contribution is 2.29. The van der Waals surface area contributed by atoms with Crippen LogP contribution >= 0.6 is 23.2 Å². The Morgan fingerprint density at radius 3 is 2.31 bits per heavy atom. The highest BCUT2D eigenvalue weighted by Gasteiger charge is 2.31. The van der Waals surface area contributed by atoms with E-state index >= 15 is 0 Å². The summed E-state index contributed by atoms with van der Waals surface area (Å²) in [5.41, 5.74) is 0.615. The number of ether oxygens (including phenoxy) is 2. The molecule has 1 atom stereocenters. The lowest BCUT2D eigenvalue weighted by Crippen LogP contribution is -2.43. The molecule has 2 aromatic carbocycles. The van der Waals surface area contributed by atoms with Gasteiger partial charge in [0.1, 0.15) is 5.75 Å². The Labute approximate surface area is 213 Å². The SMILES string of the molecule is CCCOC1CCN(C[C@@H](NS(=O)(=O)c2ccc(OC(F)(F)F)cc2)c2ccc(Cl)c(Cl)c2)CC1. The van der Waals surface area contributed by atoms with Crippen molar-refractivity contribution in [2.45, 2.75) is 49.6 Å². The lowest BCUT2D eigenvalue weighted by molar-refractivity contribution is -0.274. The maximum absolute atomic E-state index is 13.1. The minimum absolute atomic E-state index is 0.184. The third-order valence-electron chi connectivity index (χ3n) is 5.54. The van der Waals surface area contributed by atoms with Gasteiger partial charge in [0.05, 0.1) is 27.1 Å². The topological polar surface area (TPSA) is 67.9 Å². The second-order valence-electron chi connectivity index (χ2n) is 8.24. The Morgan fingerprint density at radius 2 is 1.74 bits per heavy atom. The predicted molar refractivity (Wildman–Crippen MR) is 128 cm³/mol. The van der Waals surface area contributed by atoms with Gasteiger partial charge in [-0.1, -0.05) is 36.2 Å². The maximum Gasteiger partial charge on any atom is 0.573 e. The summed E-state index contributed by atoms with van der Waals surface area (Å²) in [5.74, 6) is -0.509. The zero-order chi connectivity index (χ0) is 25.6. The number of halogens is 5. The maximum atomic E-state index is 13.1. The van der Waals surface area contributed by atoms with Gasteiger partial charge < -0.3 is 14.4 Å². The number of hydrogen-bond acceptors (Lipinski definition) is 5. The number of likely N-dealkylation sites (tertiary alicyclic amines) is 1. The molecule has 12 heteroatoms. The summed E-state index contributed by atoms with van der Waals surface area (Å²) in [6.07, 6.45) is -2.07. The zero-order valence-corrected chi connectivity index (χ0v) is 21.4. The van der Waals surface area contributed by atoms with Gasteiger partial charge in [-0.25, -0.2) is 13.1 Å². The number of nitrogens with one attached hydrogen (secondary N) is 1. The first-order chi connectivity index (χ1) is 16.5. The van der Waals surface area contributed by atoms with Crippen LogP contribution in [0.15, 0.2) is 47.4 Å². The van der Waals surface area contributed by atoms with E-state index in [-0.39, 0.29) is 16.0 Å². The van der Waals surface area contributed by atoms with Crippen LogP contribution in [-0.2, 0) is 14.8 Å². The van der Waals surface area contributed by atoms with Crippen LogP contribution in [0.5, 0.6) is 5.75 Å². The van der Waals surface area contributed by atoms with Crippen molar-refractivity contribution in [1.82, 2.24) is 9.62 Å². The van der Waals surface area contributed by atoms with Crippen LogP contribution in [0.25, 0.3) is 0 Å². The average molecular weight is 555 g/mol. The van der Waals surface area contributed by atoms with Gasteiger partial charge in [0.15, 0.2) is 0 Å². The van der Waals surface area contributed by atoms with Crippen molar-refractivity contribution < 1.29 is 31.1 Å². The van der Waals surface area contributed by atoms with E-state index in [9.17, 15) is 21.6 Å². The van der Waals surface area contributed by atoms with E-state index in [1.165, 1.54) is 0 Å². The molecule has 1 aliphatic heterocycles. The fraction of sp³-hybridized carbons (Fsp3) is 0.478. The first kappa shape index (κ1) is 28.0. The molecule has 0 radical (unpaired) electrons. The van der Waals surface area contributed by atoms with Crippen molar-refractivity contribution in [1.29, 1.82) is 0 Å². The summed E-state index contributed by atoms with van der Waals surface area (Å²) >= 11 is 12.2. The lowest BCUT2D eigenvalue weighted by Gasteiger charge is -2.34. The van der Waals surface area contributed by atoms with Crippen molar-refractivity contribution >= 4 is 33.2 Å². The quantitative estimate of drug-likeness (QED) is 0.401. The summed E-state index contributed by atoms with van der Waals surface area (Å²) < 4.78 is 75.8. The highest BCUT2D eigenvalue weighted by molar-refractivity contribution is 7.89. The molecule has 35 heavy (non-hydrogen) atoms. The van der Waals surface area contributed by atoms with Gasteiger partial charge in [-0.2, -0.15) is 0 Å². The molecule has 1 aliphatic rings. The first-order valence-corrected chi connectivity index (χ1v) is 13.4. The molecule has 2 aromatic rings. The molecule has 0 unspecified atom stereocenters. The summed E-state index contributed by atoms with van der Waals surface area (Å²) in [6, 6.07) is 8.25. The van der Waals surface area contributed by atoms with Crippen molar-refractivity contribution in [2.24, 2.45) is 0 Å². The van der Waals surface area contributed by atoms with Gasteiger partial charge in [0.2, 0.25) is 10.0 Å². The molecule has 0 aromatic heterocycles. The highest BCUT2D eigenvalue weighted by atomic mass is 35.5. The number of sulfonamides is 1. The molecule has 0 spiro atoms. The van der Waals surface area contributed by atoms with Gasteiger partial charge in [-0.05, 0) is 61.2 Å². The second-order valence-corrected chi connectivity index (χ2v) is 10.8. The van der Waals surface area contributed by atoms with E-state index in [1.54, 1.807) is 18.2 Å². The molecule has 0 saturated carbocycles. The van der Waals surface area contributed by atoms with Gasteiger partial charge in [-0.3, -0.25) is 0 Å². The van der Waals surface area contributed by atoms with Crippen LogP contribution in [0.2, 0.25) is 10.0 Å². The van der Waals surface area contributed by atoms with Crippen LogP contribution < -0.4 is 9.46 Å². The molecule has 0 aliphatic carbocycles. The van der Waals surface area contributed by atoms with Gasteiger partial charge in [0, 0.05) is 26.2 Å². The number of alkyl halides is 3. The van der Waals surface area contributed by atoms with Gasteiger partial charge in [-0.15, -0.1) is 13.2 Å². The monoisotopic (exact) mass is 554 g/mol. The number of nitrogens with zero attached hydrogens (tertiary/aromatic N) is 1. The third-order valence-corrected chi connectivity index (χ3v) is 7.77. The molecular formula is C23H27Cl2F3N2O4S. The fourth-order valence-corrected chi connectivity index (χ4v) is 5.34. The normalized spacial score (nSPS) is 16.9. The Kier molecular flexibility index (Phi) is 9.70. The predicted octanol–water partition coefficient (Wildman–Crippen LogP) is 5.80. The second kappa shape index (κ2) is 12.1. The first-order valence-electron chi connectivity index (χ1n) is 11.1. The summed E-state index contributed by atoms with van der Waals surface area (Å²) in [5, 5.41) is 0.625.